The van der Waals surface area contributed by atoms with Crippen molar-refractivity contribution in [3.05, 3.63) is 0 Å². The highest BCUT2D eigenvalue weighted by Crippen LogP contribution is 2.22. The summed E-state index contributed by atoms with van der Waals surface area (Å²) in [5.41, 5.74) is 6.29. The molecule has 1 amide bonds. The Balaban J connectivity index is 1.65. The Labute approximate surface area is 115 Å². The van der Waals surface area contributed by atoms with Crippen LogP contribution in [-0.2, 0) is 4.79 Å². The van der Waals surface area contributed by atoms with E-state index in [0.717, 1.165) is 25.3 Å². The Hall–Kier alpha value is -1.12. The van der Waals surface area contributed by atoms with Gasteiger partial charge in [0, 0.05) is 12.6 Å². The van der Waals surface area contributed by atoms with Gasteiger partial charge in [0.2, 0.25) is 5.91 Å². The zero-order valence-electron chi connectivity index (χ0n) is 11.7. The zero-order valence-corrected chi connectivity index (χ0v) is 11.7. The van der Waals surface area contributed by atoms with Crippen molar-refractivity contribution in [3.63, 3.8) is 0 Å². The quantitative estimate of drug-likeness (QED) is 0.748. The molecule has 106 valence electrons. The van der Waals surface area contributed by atoms with Crippen LogP contribution in [0, 0.1) is 17.2 Å². The minimum Gasteiger partial charge on any atom is -0.326 e. The molecule has 1 heterocycles. The van der Waals surface area contributed by atoms with Crippen molar-refractivity contribution in [1.82, 2.24) is 15.8 Å². The van der Waals surface area contributed by atoms with E-state index >= 15 is 0 Å². The summed E-state index contributed by atoms with van der Waals surface area (Å²) in [6.07, 6.45) is 6.62. The number of hydrazine groups is 1. The highest BCUT2D eigenvalue weighted by Gasteiger charge is 2.28. The van der Waals surface area contributed by atoms with Gasteiger partial charge in [-0.05, 0) is 44.4 Å². The van der Waals surface area contributed by atoms with Gasteiger partial charge in [0.25, 0.3) is 0 Å². The molecule has 1 saturated heterocycles. The second-order valence-corrected chi connectivity index (χ2v) is 5.83. The van der Waals surface area contributed by atoms with Crippen molar-refractivity contribution >= 4 is 5.91 Å². The lowest BCUT2D eigenvalue weighted by atomic mass is 9.88. The van der Waals surface area contributed by atoms with E-state index in [9.17, 15) is 4.79 Å². The average molecular weight is 264 g/mol. The van der Waals surface area contributed by atoms with Crippen LogP contribution in [0.15, 0.2) is 0 Å². The number of nitrogens with zero attached hydrogens (tertiary/aromatic N) is 2. The number of hydrogen-bond donors (Lipinski definition) is 2. The van der Waals surface area contributed by atoms with E-state index in [1.54, 1.807) is 4.90 Å². The second-order valence-electron chi connectivity index (χ2n) is 5.83. The maximum atomic E-state index is 12.0. The van der Waals surface area contributed by atoms with Crippen LogP contribution in [0.5, 0.6) is 0 Å². The maximum Gasteiger partial charge on any atom is 0.239 e. The van der Waals surface area contributed by atoms with Crippen LogP contribution in [-0.4, -0.2) is 36.0 Å². The number of likely N-dealkylation sites (tertiary alicyclic amines) is 1. The summed E-state index contributed by atoms with van der Waals surface area (Å²) in [6, 6.07) is 2.46. The van der Waals surface area contributed by atoms with E-state index in [1.165, 1.54) is 25.7 Å². The lowest BCUT2D eigenvalue weighted by Crippen LogP contribution is -2.48. The molecule has 2 rings (SSSR count). The Morgan fingerprint density at radius 1 is 1.32 bits per heavy atom. The van der Waals surface area contributed by atoms with Gasteiger partial charge in [0.1, 0.15) is 6.04 Å². The largest absolute Gasteiger partial charge is 0.326 e. The fourth-order valence-electron chi connectivity index (χ4n) is 2.98. The molecule has 0 aromatic heterocycles. The Bertz CT molecular complexity index is 344. The third kappa shape index (κ3) is 3.92. The Kier molecular flexibility index (Phi) is 5.17. The lowest BCUT2D eigenvalue weighted by molar-refractivity contribution is -0.130. The number of carbonyl (C=O) groups is 1. The predicted octanol–water partition coefficient (Wildman–Crippen LogP) is 1.17. The Morgan fingerprint density at radius 2 is 2.05 bits per heavy atom. The van der Waals surface area contributed by atoms with Crippen LogP contribution < -0.4 is 10.9 Å². The first-order chi connectivity index (χ1) is 9.20. The smallest absolute Gasteiger partial charge is 0.239 e. The molecule has 5 nitrogen and oxygen atoms in total. The molecule has 0 spiro atoms. The van der Waals surface area contributed by atoms with Gasteiger partial charge in [-0.2, -0.15) is 5.26 Å². The molecular formula is C14H24N4O. The summed E-state index contributed by atoms with van der Waals surface area (Å²) >= 11 is 0. The van der Waals surface area contributed by atoms with Crippen LogP contribution in [0.4, 0.5) is 0 Å². The monoisotopic (exact) mass is 264 g/mol. The van der Waals surface area contributed by atoms with Crippen molar-refractivity contribution in [1.29, 1.82) is 5.26 Å². The second kappa shape index (κ2) is 6.88. The molecule has 0 aromatic carbocycles. The fraction of sp³-hybridized carbons (Fsp3) is 0.857. The van der Waals surface area contributed by atoms with Crippen molar-refractivity contribution in [2.24, 2.45) is 5.92 Å². The predicted molar refractivity (Wildman–Crippen MR) is 72.9 cm³/mol. The van der Waals surface area contributed by atoms with E-state index < -0.39 is 0 Å². The first-order valence-corrected chi connectivity index (χ1v) is 7.38. The van der Waals surface area contributed by atoms with Gasteiger partial charge in [-0.1, -0.05) is 6.92 Å². The number of nitriles is 1. The fourth-order valence-corrected chi connectivity index (χ4v) is 2.98. The normalized spacial score (nSPS) is 31.2. The van der Waals surface area contributed by atoms with Gasteiger partial charge in [-0.3, -0.25) is 10.2 Å². The van der Waals surface area contributed by atoms with Gasteiger partial charge in [-0.25, -0.2) is 5.43 Å². The number of carbonyl (C=O) groups excluding carboxylic acids is 1. The van der Waals surface area contributed by atoms with Gasteiger partial charge in [0.05, 0.1) is 12.6 Å². The highest BCUT2D eigenvalue weighted by molar-refractivity contribution is 5.79. The molecule has 1 aliphatic heterocycles. The highest BCUT2D eigenvalue weighted by atomic mass is 16.2. The summed E-state index contributed by atoms with van der Waals surface area (Å²) in [7, 11) is 0. The molecule has 0 radical (unpaired) electrons. The molecule has 1 saturated carbocycles. The van der Waals surface area contributed by atoms with Gasteiger partial charge >= 0.3 is 0 Å². The molecule has 5 heteroatoms. The number of hydrogen-bond acceptors (Lipinski definition) is 4. The van der Waals surface area contributed by atoms with Crippen molar-refractivity contribution in [2.45, 2.75) is 57.5 Å². The molecule has 2 fully saturated rings. The van der Waals surface area contributed by atoms with Gasteiger partial charge in [-0.15, -0.1) is 0 Å². The molecule has 0 aromatic rings. The Morgan fingerprint density at radius 3 is 2.74 bits per heavy atom. The van der Waals surface area contributed by atoms with Crippen LogP contribution >= 0.6 is 0 Å². The van der Waals surface area contributed by atoms with Crippen LogP contribution in [0.1, 0.15) is 45.4 Å². The average Bonchev–Trinajstić information content (AvgIpc) is 2.89. The van der Waals surface area contributed by atoms with Gasteiger partial charge < -0.3 is 4.90 Å². The molecule has 1 aliphatic carbocycles. The molecule has 2 aliphatic rings. The molecule has 2 N–H and O–H groups in total. The first kappa shape index (κ1) is 14.3. The SMILES string of the molecule is CC1CCC(NNCC(=O)N2CCCC2C#N)CC1. The van der Waals surface area contributed by atoms with Crippen molar-refractivity contribution < 1.29 is 4.79 Å². The maximum absolute atomic E-state index is 12.0. The summed E-state index contributed by atoms with van der Waals surface area (Å²) in [4.78, 5) is 13.7. The minimum atomic E-state index is -0.218. The first-order valence-electron chi connectivity index (χ1n) is 7.38. The number of nitrogens with one attached hydrogen (secondary N) is 2. The number of rotatable bonds is 4. The van der Waals surface area contributed by atoms with E-state index in [1.807, 2.05) is 0 Å². The minimum absolute atomic E-state index is 0.0285. The third-order valence-corrected chi connectivity index (χ3v) is 4.28. The summed E-state index contributed by atoms with van der Waals surface area (Å²) in [6.45, 7) is 3.30. The summed E-state index contributed by atoms with van der Waals surface area (Å²) in [5.74, 6) is 0.862. The molecule has 19 heavy (non-hydrogen) atoms. The van der Waals surface area contributed by atoms with Gasteiger partial charge in [0.15, 0.2) is 0 Å². The van der Waals surface area contributed by atoms with Crippen LogP contribution in [0.3, 0.4) is 0 Å². The van der Waals surface area contributed by atoms with Crippen LogP contribution in [0.25, 0.3) is 0 Å². The standard InChI is InChI=1S/C14H24N4O/c1-11-4-6-12(7-5-11)17-16-10-14(19)18-8-2-3-13(18)9-15/h11-13,16-17H,2-8,10H2,1H3. The third-order valence-electron chi connectivity index (χ3n) is 4.28. The molecular weight excluding hydrogens is 240 g/mol. The van der Waals surface area contributed by atoms with Crippen molar-refractivity contribution in [2.75, 3.05) is 13.1 Å². The molecule has 0 bridgehead atoms. The molecule has 1 unspecified atom stereocenters. The summed E-state index contributed by atoms with van der Waals surface area (Å²) in [5, 5.41) is 8.96. The zero-order chi connectivity index (χ0) is 13.7. The number of amides is 1. The van der Waals surface area contributed by atoms with E-state index in [2.05, 4.69) is 23.8 Å². The van der Waals surface area contributed by atoms with E-state index in [-0.39, 0.29) is 18.5 Å². The lowest BCUT2D eigenvalue weighted by Gasteiger charge is -2.27. The van der Waals surface area contributed by atoms with Crippen molar-refractivity contribution in [3.8, 4) is 6.07 Å². The van der Waals surface area contributed by atoms with E-state index in [4.69, 9.17) is 5.26 Å². The van der Waals surface area contributed by atoms with E-state index in [0.29, 0.717) is 6.04 Å². The van der Waals surface area contributed by atoms with Crippen LogP contribution in [0.2, 0.25) is 0 Å². The topological polar surface area (TPSA) is 68.2 Å². The molecule has 1 atom stereocenters. The summed E-state index contributed by atoms with van der Waals surface area (Å²) < 4.78 is 0.